The van der Waals surface area contributed by atoms with Crippen LogP contribution in [0.15, 0.2) is 72.1 Å². The zero-order valence-electron chi connectivity index (χ0n) is 21.5. The number of carbonyl (C=O) groups is 2. The molecule has 39 heavy (non-hydrogen) atoms. The summed E-state index contributed by atoms with van der Waals surface area (Å²) in [7, 11) is 0. The van der Waals surface area contributed by atoms with Gasteiger partial charge in [0.1, 0.15) is 12.4 Å². The Morgan fingerprint density at radius 3 is 2.74 bits per heavy atom. The van der Waals surface area contributed by atoms with E-state index in [2.05, 4.69) is 21.9 Å². The van der Waals surface area contributed by atoms with Crippen LogP contribution in [0.1, 0.15) is 47.3 Å². The number of hydrogen-bond donors (Lipinski definition) is 3. The van der Waals surface area contributed by atoms with Gasteiger partial charge in [-0.25, -0.2) is 4.39 Å². The molecule has 0 saturated heterocycles. The first-order valence-corrected chi connectivity index (χ1v) is 13.3. The molecule has 3 N–H and O–H groups in total. The van der Waals surface area contributed by atoms with Gasteiger partial charge in [-0.1, -0.05) is 41.5 Å². The number of carbonyl (C=O) groups excluding carboxylic acids is 2. The van der Waals surface area contributed by atoms with Crippen molar-refractivity contribution in [1.82, 2.24) is 20.2 Å². The van der Waals surface area contributed by atoms with Crippen molar-refractivity contribution in [3.05, 3.63) is 99.8 Å². The monoisotopic (exact) mass is 548 g/mol. The Bertz CT molecular complexity index is 1510. The summed E-state index contributed by atoms with van der Waals surface area (Å²) in [5.74, 6) is -0.993. The van der Waals surface area contributed by atoms with Crippen LogP contribution in [0.5, 0.6) is 0 Å². The molecule has 1 saturated carbocycles. The van der Waals surface area contributed by atoms with Gasteiger partial charge in [0.05, 0.1) is 5.02 Å². The normalized spacial score (nSPS) is 15.5. The van der Waals surface area contributed by atoms with Gasteiger partial charge in [-0.2, -0.15) is 0 Å². The van der Waals surface area contributed by atoms with E-state index in [0.717, 1.165) is 35.3 Å². The number of H-pyrrole nitrogens is 1. The summed E-state index contributed by atoms with van der Waals surface area (Å²) in [6.45, 7) is 4.25. The number of amides is 2. The molecule has 0 atom stereocenters. The van der Waals surface area contributed by atoms with Crippen LogP contribution in [-0.4, -0.2) is 51.0 Å². The maximum atomic E-state index is 14.5. The van der Waals surface area contributed by atoms with E-state index < -0.39 is 12.4 Å². The van der Waals surface area contributed by atoms with E-state index >= 15 is 0 Å². The van der Waals surface area contributed by atoms with Crippen molar-refractivity contribution in [2.75, 3.05) is 13.2 Å². The molecule has 1 aromatic carbocycles. The lowest BCUT2D eigenvalue weighted by Gasteiger charge is -2.23. The van der Waals surface area contributed by atoms with E-state index in [1.807, 2.05) is 12.2 Å². The van der Waals surface area contributed by atoms with Gasteiger partial charge in [-0.05, 0) is 55.5 Å². The fourth-order valence-electron chi connectivity index (χ4n) is 4.92. The predicted octanol–water partition coefficient (Wildman–Crippen LogP) is 5.01. The second kappa shape index (κ2) is 11.6. The highest BCUT2D eigenvalue weighted by atomic mass is 35.5. The highest BCUT2D eigenvalue weighted by molar-refractivity contribution is 6.35. The van der Waals surface area contributed by atoms with Crippen LogP contribution in [0.4, 0.5) is 4.39 Å². The number of aromatic amines is 1. The number of aliphatic hydroxyl groups is 1. The molecule has 9 heteroatoms. The van der Waals surface area contributed by atoms with E-state index in [-0.39, 0.29) is 24.4 Å². The van der Waals surface area contributed by atoms with Crippen molar-refractivity contribution in [2.24, 2.45) is 0 Å². The first-order chi connectivity index (χ1) is 18.8. The summed E-state index contributed by atoms with van der Waals surface area (Å²) < 4.78 is 14.5. The van der Waals surface area contributed by atoms with Crippen LogP contribution in [-0.2, 0) is 17.8 Å². The molecule has 2 aliphatic carbocycles. The van der Waals surface area contributed by atoms with Crippen LogP contribution >= 0.6 is 11.6 Å². The minimum atomic E-state index is -0.479. The molecule has 5 rings (SSSR count). The van der Waals surface area contributed by atoms with Gasteiger partial charge in [0.2, 0.25) is 5.91 Å². The van der Waals surface area contributed by atoms with Crippen molar-refractivity contribution in [3.63, 3.8) is 0 Å². The second-order valence-electron chi connectivity index (χ2n) is 10.2. The molecular formula is C30H30ClFN4O3. The number of nitrogens with zero attached hydrogens (tertiary/aromatic N) is 2. The Balaban J connectivity index is 1.24. The van der Waals surface area contributed by atoms with Gasteiger partial charge in [-0.3, -0.25) is 14.6 Å². The third-order valence-corrected chi connectivity index (χ3v) is 7.36. The van der Waals surface area contributed by atoms with E-state index in [4.69, 9.17) is 11.6 Å². The Morgan fingerprint density at radius 2 is 1.97 bits per heavy atom. The smallest absolute Gasteiger partial charge is 0.251 e. The summed E-state index contributed by atoms with van der Waals surface area (Å²) in [5.41, 5.74) is 5.34. The van der Waals surface area contributed by atoms with Crippen LogP contribution in [0.3, 0.4) is 0 Å². The molecule has 0 spiro atoms. The number of pyridine rings is 1. The van der Waals surface area contributed by atoms with Gasteiger partial charge in [0.15, 0.2) is 0 Å². The van der Waals surface area contributed by atoms with Gasteiger partial charge in [0, 0.05) is 65.7 Å². The van der Waals surface area contributed by atoms with E-state index in [9.17, 15) is 19.1 Å². The van der Waals surface area contributed by atoms with Gasteiger partial charge in [-0.15, -0.1) is 0 Å². The van der Waals surface area contributed by atoms with Crippen molar-refractivity contribution in [3.8, 4) is 0 Å². The molecule has 202 valence electrons. The molecule has 2 aliphatic rings. The molecule has 0 bridgehead atoms. The zero-order chi connectivity index (χ0) is 27.5. The van der Waals surface area contributed by atoms with Crippen molar-refractivity contribution in [2.45, 2.75) is 44.7 Å². The number of rotatable bonds is 9. The first kappa shape index (κ1) is 26.8. The molecule has 0 aliphatic heterocycles. The molecule has 7 nitrogen and oxygen atoms in total. The maximum absolute atomic E-state index is 14.5. The number of halogens is 2. The summed E-state index contributed by atoms with van der Waals surface area (Å²) in [5, 5.41) is 13.3. The number of fused-ring (bicyclic) bond motifs is 1. The highest BCUT2D eigenvalue weighted by Crippen LogP contribution is 2.31. The predicted molar refractivity (Wildman–Crippen MR) is 149 cm³/mol. The average Bonchev–Trinajstić information content (AvgIpc) is 3.73. The molecule has 3 aromatic rings. The molecule has 0 unspecified atom stereocenters. The van der Waals surface area contributed by atoms with E-state index in [1.165, 1.54) is 6.07 Å². The number of allylic oxidation sites excluding steroid dienone is 4. The van der Waals surface area contributed by atoms with Crippen LogP contribution in [0.2, 0.25) is 5.02 Å². The van der Waals surface area contributed by atoms with Gasteiger partial charge < -0.3 is 20.3 Å². The second-order valence-corrected chi connectivity index (χ2v) is 10.6. The molecule has 2 aromatic heterocycles. The lowest BCUT2D eigenvalue weighted by atomic mass is 9.99. The molecular weight excluding hydrogens is 519 g/mol. The largest absolute Gasteiger partial charge is 0.387 e. The van der Waals surface area contributed by atoms with Crippen LogP contribution in [0, 0.1) is 5.82 Å². The Labute approximate surface area is 231 Å². The standard InChI is InChI=1S/C30H30ClFN4O3/c1-18-8-19(2-3-20(9-18)16-36(24-4-5-24)29(38)17-37)10-23-11-21(6-7-33-23)30(39)35-14-22-12-25-26(31)15-34-28(25)13-27(22)32/h2-3,6-7,11-13,15,24,34,37H,1,4-5,8-10,14,16-17H2,(H,35,39). The van der Waals surface area contributed by atoms with Crippen LogP contribution in [0.25, 0.3) is 10.9 Å². The molecule has 0 radical (unpaired) electrons. The highest BCUT2D eigenvalue weighted by Gasteiger charge is 2.32. The van der Waals surface area contributed by atoms with E-state index in [0.29, 0.717) is 52.9 Å². The zero-order valence-corrected chi connectivity index (χ0v) is 22.2. The summed E-state index contributed by atoms with van der Waals surface area (Å²) in [6, 6.07) is 6.60. The van der Waals surface area contributed by atoms with Crippen LogP contribution < -0.4 is 5.32 Å². The lowest BCUT2D eigenvalue weighted by Crippen LogP contribution is -2.36. The van der Waals surface area contributed by atoms with E-state index in [1.54, 1.807) is 35.5 Å². The minimum absolute atomic E-state index is 0.0228. The van der Waals surface area contributed by atoms with Crippen molar-refractivity contribution in [1.29, 1.82) is 0 Å². The molecule has 1 fully saturated rings. The number of nitrogens with one attached hydrogen (secondary N) is 2. The SMILES string of the molecule is C=C1CC(Cc2cc(C(=O)NCc3cc4c(Cl)c[nH]c4cc3F)ccn2)=CC=C(CN(C(=O)CO)C2CC2)C1. The number of aliphatic hydroxyl groups excluding tert-OH is 1. The third kappa shape index (κ3) is 6.46. The summed E-state index contributed by atoms with van der Waals surface area (Å²) in [4.78, 5) is 34.2. The fraction of sp³-hybridized carbons (Fsp3) is 0.300. The quantitative estimate of drug-likeness (QED) is 0.327. The Morgan fingerprint density at radius 1 is 1.21 bits per heavy atom. The average molecular weight is 549 g/mol. The minimum Gasteiger partial charge on any atom is -0.387 e. The lowest BCUT2D eigenvalue weighted by molar-refractivity contribution is -0.134. The van der Waals surface area contributed by atoms with Crippen molar-refractivity contribution >= 4 is 34.3 Å². The Hall–Kier alpha value is -3.75. The van der Waals surface area contributed by atoms with Gasteiger partial charge >= 0.3 is 0 Å². The number of aromatic nitrogens is 2. The topological polar surface area (TPSA) is 98.3 Å². The summed E-state index contributed by atoms with van der Waals surface area (Å²) >= 11 is 6.15. The number of hydrogen-bond acceptors (Lipinski definition) is 4. The van der Waals surface area contributed by atoms with Gasteiger partial charge in [0.25, 0.3) is 5.91 Å². The third-order valence-electron chi connectivity index (χ3n) is 7.05. The molecule has 2 amide bonds. The Kier molecular flexibility index (Phi) is 7.95. The fourth-order valence-corrected chi connectivity index (χ4v) is 5.13. The summed E-state index contributed by atoms with van der Waals surface area (Å²) in [6.07, 6.45) is 11.1. The number of benzene rings is 1. The van der Waals surface area contributed by atoms with Crippen molar-refractivity contribution < 1.29 is 19.1 Å². The maximum Gasteiger partial charge on any atom is 0.251 e. The first-order valence-electron chi connectivity index (χ1n) is 12.9. The molecule has 2 heterocycles.